The number of benzene rings is 1. The van der Waals surface area contributed by atoms with Crippen molar-refractivity contribution in [3.05, 3.63) is 18.2 Å². The summed E-state index contributed by atoms with van der Waals surface area (Å²) in [6.45, 7) is 2.82. The molecule has 0 heterocycles. The van der Waals surface area contributed by atoms with Gasteiger partial charge < -0.3 is 16.0 Å². The predicted octanol–water partition coefficient (Wildman–Crippen LogP) is 3.51. The molecule has 6 nitrogen and oxygen atoms in total. The smallest absolute Gasteiger partial charge is 0.224 e. The van der Waals surface area contributed by atoms with Crippen molar-refractivity contribution in [3.8, 4) is 0 Å². The van der Waals surface area contributed by atoms with Crippen LogP contribution in [0.5, 0.6) is 0 Å². The van der Waals surface area contributed by atoms with Gasteiger partial charge in [-0.1, -0.05) is 19.3 Å². The van der Waals surface area contributed by atoms with Crippen LogP contribution in [0.25, 0.3) is 0 Å². The van der Waals surface area contributed by atoms with Crippen LogP contribution in [0.4, 0.5) is 17.1 Å². The van der Waals surface area contributed by atoms with Crippen LogP contribution < -0.4 is 16.0 Å². The molecule has 1 aliphatic carbocycles. The first-order chi connectivity index (χ1) is 11.4. The van der Waals surface area contributed by atoms with Crippen molar-refractivity contribution in [1.29, 1.82) is 0 Å². The molecular formula is C18H25N3O3. The molecule has 1 aromatic carbocycles. The van der Waals surface area contributed by atoms with E-state index in [1.54, 1.807) is 18.2 Å². The van der Waals surface area contributed by atoms with E-state index in [1.807, 2.05) is 0 Å². The second-order valence-electron chi connectivity index (χ2n) is 6.42. The van der Waals surface area contributed by atoms with Crippen LogP contribution in [0.3, 0.4) is 0 Å². The van der Waals surface area contributed by atoms with Crippen molar-refractivity contribution in [2.45, 2.75) is 52.4 Å². The maximum Gasteiger partial charge on any atom is 0.224 e. The van der Waals surface area contributed by atoms with Gasteiger partial charge in [0.25, 0.3) is 0 Å². The number of nitrogens with one attached hydrogen (secondary N) is 3. The van der Waals surface area contributed by atoms with Gasteiger partial charge in [0.15, 0.2) is 0 Å². The molecule has 3 N–H and O–H groups in total. The lowest BCUT2D eigenvalue weighted by Crippen LogP contribution is -2.18. The molecule has 3 amide bonds. The van der Waals surface area contributed by atoms with E-state index in [2.05, 4.69) is 16.0 Å². The maximum atomic E-state index is 12.3. The highest BCUT2D eigenvalue weighted by Crippen LogP contribution is 2.27. The van der Waals surface area contributed by atoms with Gasteiger partial charge in [-0.2, -0.15) is 0 Å². The Labute approximate surface area is 142 Å². The standard InChI is InChI=1S/C18H25N3O3/c1-12(22)19-15-9-16(20-13(2)23)11-17(10-15)21-18(24)8-14-6-4-3-5-7-14/h9-11,14H,3-8H2,1-2H3,(H,19,22)(H,20,23)(H,21,24). The molecule has 1 saturated carbocycles. The molecule has 0 radical (unpaired) electrons. The molecule has 0 bridgehead atoms. The van der Waals surface area contributed by atoms with Crippen molar-refractivity contribution >= 4 is 34.8 Å². The molecule has 0 aliphatic heterocycles. The summed E-state index contributed by atoms with van der Waals surface area (Å²) in [6.07, 6.45) is 6.38. The van der Waals surface area contributed by atoms with E-state index in [0.29, 0.717) is 29.4 Å². The molecule has 6 heteroatoms. The lowest BCUT2D eigenvalue weighted by atomic mass is 9.87. The number of rotatable bonds is 5. The third-order valence-electron chi connectivity index (χ3n) is 4.06. The second-order valence-corrected chi connectivity index (χ2v) is 6.42. The lowest BCUT2D eigenvalue weighted by Gasteiger charge is -2.21. The third-order valence-corrected chi connectivity index (χ3v) is 4.06. The van der Waals surface area contributed by atoms with Crippen LogP contribution in [0.15, 0.2) is 18.2 Å². The molecule has 2 rings (SSSR count). The number of carbonyl (C=O) groups excluding carboxylic acids is 3. The first kappa shape index (κ1) is 18.0. The molecule has 1 fully saturated rings. The Morgan fingerprint density at radius 3 is 1.75 bits per heavy atom. The quantitative estimate of drug-likeness (QED) is 0.771. The highest BCUT2D eigenvalue weighted by molar-refractivity contribution is 5.96. The van der Waals surface area contributed by atoms with Gasteiger partial charge in [-0.25, -0.2) is 0 Å². The lowest BCUT2D eigenvalue weighted by molar-refractivity contribution is -0.117. The molecule has 24 heavy (non-hydrogen) atoms. The van der Waals surface area contributed by atoms with E-state index in [0.717, 1.165) is 12.8 Å². The summed E-state index contributed by atoms with van der Waals surface area (Å²) in [5.74, 6) is -0.00773. The van der Waals surface area contributed by atoms with Gasteiger partial charge in [-0.3, -0.25) is 14.4 Å². The molecule has 0 atom stereocenters. The molecule has 0 unspecified atom stereocenters. The Kier molecular flexibility index (Phi) is 6.35. The van der Waals surface area contributed by atoms with Crippen LogP contribution >= 0.6 is 0 Å². The summed E-state index contributed by atoms with van der Waals surface area (Å²) in [6, 6.07) is 5.02. The number of anilines is 3. The number of carbonyl (C=O) groups is 3. The Morgan fingerprint density at radius 1 is 0.833 bits per heavy atom. The fourth-order valence-electron chi connectivity index (χ4n) is 3.12. The van der Waals surface area contributed by atoms with Crippen LogP contribution in [0.2, 0.25) is 0 Å². The van der Waals surface area contributed by atoms with Gasteiger partial charge in [0.2, 0.25) is 17.7 Å². The minimum Gasteiger partial charge on any atom is -0.326 e. The minimum absolute atomic E-state index is 0.0318. The molecule has 1 aromatic rings. The molecule has 0 aromatic heterocycles. The van der Waals surface area contributed by atoms with Gasteiger partial charge in [0.1, 0.15) is 0 Å². The Balaban J connectivity index is 2.07. The second kappa shape index (κ2) is 8.47. The van der Waals surface area contributed by atoms with E-state index in [-0.39, 0.29) is 17.7 Å². The van der Waals surface area contributed by atoms with Crippen LogP contribution in [-0.4, -0.2) is 17.7 Å². The molecule has 0 spiro atoms. The van der Waals surface area contributed by atoms with Gasteiger partial charge in [0.05, 0.1) is 0 Å². The average molecular weight is 331 g/mol. The zero-order valence-corrected chi connectivity index (χ0v) is 14.3. The summed E-state index contributed by atoms with van der Waals surface area (Å²) in [5, 5.41) is 8.22. The summed E-state index contributed by atoms with van der Waals surface area (Å²) in [5.41, 5.74) is 1.62. The fourth-order valence-corrected chi connectivity index (χ4v) is 3.12. The highest BCUT2D eigenvalue weighted by atomic mass is 16.2. The van der Waals surface area contributed by atoms with E-state index in [9.17, 15) is 14.4 Å². The van der Waals surface area contributed by atoms with Gasteiger partial charge >= 0.3 is 0 Å². The Morgan fingerprint density at radius 2 is 1.29 bits per heavy atom. The first-order valence-electron chi connectivity index (χ1n) is 8.42. The summed E-state index contributed by atoms with van der Waals surface area (Å²) in [4.78, 5) is 34.8. The first-order valence-corrected chi connectivity index (χ1v) is 8.42. The van der Waals surface area contributed by atoms with E-state index in [1.165, 1.54) is 33.1 Å². The van der Waals surface area contributed by atoms with Crippen molar-refractivity contribution in [2.75, 3.05) is 16.0 Å². The number of hydrogen-bond donors (Lipinski definition) is 3. The zero-order valence-electron chi connectivity index (χ0n) is 14.3. The van der Waals surface area contributed by atoms with Crippen molar-refractivity contribution < 1.29 is 14.4 Å². The maximum absolute atomic E-state index is 12.3. The predicted molar refractivity (Wildman–Crippen MR) is 94.9 cm³/mol. The molecule has 130 valence electrons. The SMILES string of the molecule is CC(=O)Nc1cc(NC(C)=O)cc(NC(=O)CC2CCCCC2)c1. The summed E-state index contributed by atoms with van der Waals surface area (Å²) >= 11 is 0. The largest absolute Gasteiger partial charge is 0.326 e. The normalized spacial score (nSPS) is 14.8. The molecule has 1 aliphatic rings. The van der Waals surface area contributed by atoms with Crippen molar-refractivity contribution in [2.24, 2.45) is 5.92 Å². The summed E-state index contributed by atoms with van der Waals surface area (Å²) < 4.78 is 0. The van der Waals surface area contributed by atoms with Crippen LogP contribution in [-0.2, 0) is 14.4 Å². The average Bonchev–Trinajstić information content (AvgIpc) is 2.46. The monoisotopic (exact) mass is 331 g/mol. The van der Waals surface area contributed by atoms with Gasteiger partial charge in [0, 0.05) is 37.3 Å². The van der Waals surface area contributed by atoms with Gasteiger partial charge in [-0.15, -0.1) is 0 Å². The topological polar surface area (TPSA) is 87.3 Å². The Bertz CT molecular complexity index is 588. The molecular weight excluding hydrogens is 306 g/mol. The fraction of sp³-hybridized carbons (Fsp3) is 0.500. The van der Waals surface area contributed by atoms with Gasteiger partial charge in [-0.05, 0) is 37.0 Å². The van der Waals surface area contributed by atoms with Crippen molar-refractivity contribution in [1.82, 2.24) is 0 Å². The number of hydrogen-bond acceptors (Lipinski definition) is 3. The summed E-state index contributed by atoms with van der Waals surface area (Å²) in [7, 11) is 0. The highest BCUT2D eigenvalue weighted by Gasteiger charge is 2.17. The van der Waals surface area contributed by atoms with Crippen molar-refractivity contribution in [3.63, 3.8) is 0 Å². The number of amides is 3. The van der Waals surface area contributed by atoms with Crippen LogP contribution in [0.1, 0.15) is 52.4 Å². The Hall–Kier alpha value is -2.37. The third kappa shape index (κ3) is 6.02. The van der Waals surface area contributed by atoms with E-state index < -0.39 is 0 Å². The minimum atomic E-state index is -0.213. The molecule has 0 saturated heterocycles. The van der Waals surface area contributed by atoms with E-state index >= 15 is 0 Å². The van der Waals surface area contributed by atoms with E-state index in [4.69, 9.17) is 0 Å². The zero-order chi connectivity index (χ0) is 17.5. The van der Waals surface area contributed by atoms with Crippen LogP contribution in [0, 0.1) is 5.92 Å².